The predicted molar refractivity (Wildman–Crippen MR) is 90.3 cm³/mol. The van der Waals surface area contributed by atoms with Gasteiger partial charge in [0.1, 0.15) is 12.4 Å². The predicted octanol–water partition coefficient (Wildman–Crippen LogP) is 1.61. The van der Waals surface area contributed by atoms with Crippen LogP contribution >= 0.6 is 0 Å². The Balaban J connectivity index is 1.62. The summed E-state index contributed by atoms with van der Waals surface area (Å²) in [5, 5.41) is 0. The van der Waals surface area contributed by atoms with E-state index in [-0.39, 0.29) is 5.91 Å². The average Bonchev–Trinajstić information content (AvgIpc) is 3.03. The smallest absolute Gasteiger partial charge is 0.257 e. The standard InChI is InChI=1S/C18H26N2O4/c1-19(2)11-12-22-16-6-4-3-5-15(16)17(21)20-9-7-18(8-10-20)23-13-14-24-18/h3-6H,7-14H2,1-2H3. The fourth-order valence-electron chi connectivity index (χ4n) is 3.11. The van der Waals surface area contributed by atoms with Gasteiger partial charge in [-0.3, -0.25) is 4.79 Å². The van der Waals surface area contributed by atoms with E-state index in [1.165, 1.54) is 0 Å². The summed E-state index contributed by atoms with van der Waals surface area (Å²) in [6, 6.07) is 7.46. The van der Waals surface area contributed by atoms with Crippen LogP contribution in [-0.4, -0.2) is 75.0 Å². The van der Waals surface area contributed by atoms with E-state index < -0.39 is 5.79 Å². The number of hydrogen-bond acceptors (Lipinski definition) is 5. The molecule has 3 rings (SSSR count). The quantitative estimate of drug-likeness (QED) is 0.819. The van der Waals surface area contributed by atoms with Crippen LogP contribution in [0, 0.1) is 0 Å². The summed E-state index contributed by atoms with van der Waals surface area (Å²) in [5.74, 6) is 0.208. The summed E-state index contributed by atoms with van der Waals surface area (Å²) in [7, 11) is 3.99. The molecule has 0 radical (unpaired) electrons. The number of carbonyl (C=O) groups excluding carboxylic acids is 1. The summed E-state index contributed by atoms with van der Waals surface area (Å²) < 4.78 is 17.3. The molecule has 2 aliphatic rings. The number of rotatable bonds is 5. The minimum atomic E-state index is -0.460. The van der Waals surface area contributed by atoms with Gasteiger partial charge in [0.05, 0.1) is 18.8 Å². The van der Waals surface area contributed by atoms with Crippen LogP contribution in [-0.2, 0) is 9.47 Å². The van der Waals surface area contributed by atoms with Gasteiger partial charge in [0.15, 0.2) is 5.79 Å². The van der Waals surface area contributed by atoms with Crippen LogP contribution in [0.3, 0.4) is 0 Å². The number of benzene rings is 1. The number of carbonyl (C=O) groups is 1. The fraction of sp³-hybridized carbons (Fsp3) is 0.611. The van der Waals surface area contributed by atoms with Crippen molar-refractivity contribution in [2.45, 2.75) is 18.6 Å². The van der Waals surface area contributed by atoms with Crippen LogP contribution in [0.2, 0.25) is 0 Å². The molecule has 0 N–H and O–H groups in total. The average molecular weight is 334 g/mol. The van der Waals surface area contributed by atoms with Gasteiger partial charge in [0, 0.05) is 32.5 Å². The number of likely N-dealkylation sites (tertiary alicyclic amines) is 1. The Kier molecular flexibility index (Phi) is 5.38. The lowest BCUT2D eigenvalue weighted by molar-refractivity contribution is -0.181. The lowest BCUT2D eigenvalue weighted by atomic mass is 10.0. The lowest BCUT2D eigenvalue weighted by Gasteiger charge is -2.37. The molecule has 6 nitrogen and oxygen atoms in total. The number of hydrogen-bond donors (Lipinski definition) is 0. The van der Waals surface area contributed by atoms with Crippen molar-refractivity contribution in [3.8, 4) is 5.75 Å². The van der Waals surface area contributed by atoms with Gasteiger partial charge in [-0.05, 0) is 26.2 Å². The summed E-state index contributed by atoms with van der Waals surface area (Å²) >= 11 is 0. The van der Waals surface area contributed by atoms with E-state index >= 15 is 0 Å². The van der Waals surface area contributed by atoms with Gasteiger partial charge in [-0.25, -0.2) is 0 Å². The van der Waals surface area contributed by atoms with Crippen molar-refractivity contribution in [2.75, 3.05) is 53.6 Å². The van der Waals surface area contributed by atoms with E-state index in [0.29, 0.717) is 44.2 Å². The van der Waals surface area contributed by atoms with E-state index in [4.69, 9.17) is 14.2 Å². The van der Waals surface area contributed by atoms with Gasteiger partial charge < -0.3 is 24.0 Å². The SMILES string of the molecule is CN(C)CCOc1ccccc1C(=O)N1CCC2(CC1)OCCO2. The molecular weight excluding hydrogens is 308 g/mol. The molecule has 24 heavy (non-hydrogen) atoms. The molecule has 0 bridgehead atoms. The molecule has 1 aromatic carbocycles. The molecule has 132 valence electrons. The van der Waals surface area contributed by atoms with E-state index in [0.717, 1.165) is 19.4 Å². The van der Waals surface area contributed by atoms with Crippen LogP contribution in [0.25, 0.3) is 0 Å². The molecule has 1 spiro atoms. The molecular formula is C18H26N2O4. The summed E-state index contributed by atoms with van der Waals surface area (Å²) in [5.41, 5.74) is 0.625. The maximum atomic E-state index is 12.9. The zero-order valence-corrected chi connectivity index (χ0v) is 14.5. The molecule has 0 aliphatic carbocycles. The Morgan fingerprint density at radius 3 is 2.54 bits per heavy atom. The number of para-hydroxylation sites is 1. The number of nitrogens with zero attached hydrogens (tertiary/aromatic N) is 2. The van der Waals surface area contributed by atoms with Gasteiger partial charge in [0.2, 0.25) is 0 Å². The third kappa shape index (κ3) is 3.88. The summed E-state index contributed by atoms with van der Waals surface area (Å²) in [6.07, 6.45) is 1.45. The van der Waals surface area contributed by atoms with Gasteiger partial charge in [-0.2, -0.15) is 0 Å². The minimum Gasteiger partial charge on any atom is -0.491 e. The van der Waals surface area contributed by atoms with Crippen molar-refractivity contribution in [1.82, 2.24) is 9.80 Å². The maximum absolute atomic E-state index is 12.9. The van der Waals surface area contributed by atoms with Crippen molar-refractivity contribution >= 4 is 5.91 Å². The second-order valence-corrected chi connectivity index (χ2v) is 6.55. The highest BCUT2D eigenvalue weighted by molar-refractivity contribution is 5.97. The molecule has 2 fully saturated rings. The van der Waals surface area contributed by atoms with Crippen molar-refractivity contribution < 1.29 is 19.0 Å². The Morgan fingerprint density at radius 2 is 1.88 bits per heavy atom. The first-order valence-corrected chi connectivity index (χ1v) is 8.53. The fourth-order valence-corrected chi connectivity index (χ4v) is 3.11. The van der Waals surface area contributed by atoms with Crippen LogP contribution in [0.15, 0.2) is 24.3 Å². The summed E-state index contributed by atoms with van der Waals surface area (Å²) in [6.45, 7) is 3.95. The minimum absolute atomic E-state index is 0.0169. The highest BCUT2D eigenvalue weighted by Gasteiger charge is 2.41. The van der Waals surface area contributed by atoms with Crippen LogP contribution < -0.4 is 4.74 Å². The largest absolute Gasteiger partial charge is 0.491 e. The number of likely N-dealkylation sites (N-methyl/N-ethyl adjacent to an activating group) is 1. The third-order valence-electron chi connectivity index (χ3n) is 4.54. The first-order valence-electron chi connectivity index (χ1n) is 8.53. The molecule has 0 unspecified atom stereocenters. The first kappa shape index (κ1) is 17.2. The van der Waals surface area contributed by atoms with E-state index in [9.17, 15) is 4.79 Å². The van der Waals surface area contributed by atoms with Crippen LogP contribution in [0.5, 0.6) is 5.75 Å². The molecule has 2 aliphatic heterocycles. The van der Waals surface area contributed by atoms with E-state index in [1.807, 2.05) is 43.3 Å². The highest BCUT2D eigenvalue weighted by atomic mass is 16.7. The van der Waals surface area contributed by atoms with Crippen LogP contribution in [0.1, 0.15) is 23.2 Å². The lowest BCUT2D eigenvalue weighted by Crippen LogP contribution is -2.47. The van der Waals surface area contributed by atoms with E-state index in [1.54, 1.807) is 0 Å². The molecule has 0 saturated carbocycles. The molecule has 6 heteroatoms. The second kappa shape index (κ2) is 7.51. The van der Waals surface area contributed by atoms with Crippen molar-refractivity contribution in [3.05, 3.63) is 29.8 Å². The van der Waals surface area contributed by atoms with Crippen molar-refractivity contribution in [2.24, 2.45) is 0 Å². The highest BCUT2D eigenvalue weighted by Crippen LogP contribution is 2.32. The second-order valence-electron chi connectivity index (χ2n) is 6.55. The van der Waals surface area contributed by atoms with Gasteiger partial charge in [-0.1, -0.05) is 12.1 Å². The number of amides is 1. The van der Waals surface area contributed by atoms with Gasteiger partial charge in [0.25, 0.3) is 5.91 Å². The molecule has 1 aromatic rings. The van der Waals surface area contributed by atoms with Crippen LogP contribution in [0.4, 0.5) is 0 Å². The number of piperidine rings is 1. The van der Waals surface area contributed by atoms with Crippen molar-refractivity contribution in [3.63, 3.8) is 0 Å². The Hall–Kier alpha value is -1.63. The molecule has 0 atom stereocenters. The topological polar surface area (TPSA) is 51.2 Å². The zero-order valence-electron chi connectivity index (χ0n) is 14.5. The molecule has 1 amide bonds. The molecule has 2 saturated heterocycles. The monoisotopic (exact) mass is 334 g/mol. The Labute approximate surface area is 143 Å². The maximum Gasteiger partial charge on any atom is 0.257 e. The van der Waals surface area contributed by atoms with E-state index in [2.05, 4.69) is 4.90 Å². The molecule has 0 aromatic heterocycles. The third-order valence-corrected chi connectivity index (χ3v) is 4.54. The van der Waals surface area contributed by atoms with Gasteiger partial charge >= 0.3 is 0 Å². The Bertz CT molecular complexity index is 560. The normalized spacial score (nSPS) is 19.9. The first-order chi connectivity index (χ1) is 11.6. The van der Waals surface area contributed by atoms with Gasteiger partial charge in [-0.15, -0.1) is 0 Å². The number of ether oxygens (including phenoxy) is 3. The zero-order chi connectivity index (χ0) is 17.0. The van der Waals surface area contributed by atoms with Crippen molar-refractivity contribution in [1.29, 1.82) is 0 Å². The molecule has 2 heterocycles. The Morgan fingerprint density at radius 1 is 1.21 bits per heavy atom. The summed E-state index contributed by atoms with van der Waals surface area (Å²) in [4.78, 5) is 16.8.